The van der Waals surface area contributed by atoms with Crippen LogP contribution in [0.5, 0.6) is 0 Å². The Kier molecular flexibility index (Phi) is 6.59. The molecule has 0 radical (unpaired) electrons. The molecule has 0 aliphatic rings. The molecule has 1 atom stereocenters. The third-order valence-electron chi connectivity index (χ3n) is 3.73. The number of carbonyl (C=O) groups is 2. The lowest BCUT2D eigenvalue weighted by Crippen LogP contribution is -2.45. The van der Waals surface area contributed by atoms with E-state index in [1.54, 1.807) is 23.1 Å². The van der Waals surface area contributed by atoms with E-state index in [0.29, 0.717) is 29.4 Å². The summed E-state index contributed by atoms with van der Waals surface area (Å²) in [6.07, 6.45) is 0. The Bertz CT molecular complexity index is 578. The van der Waals surface area contributed by atoms with Crippen molar-refractivity contribution in [2.24, 2.45) is 11.1 Å². The monoisotopic (exact) mass is 339 g/mol. The summed E-state index contributed by atoms with van der Waals surface area (Å²) >= 11 is 6.21. The van der Waals surface area contributed by atoms with Crippen molar-refractivity contribution in [2.75, 3.05) is 18.4 Å². The van der Waals surface area contributed by atoms with Crippen LogP contribution >= 0.6 is 11.6 Å². The first-order valence-corrected chi connectivity index (χ1v) is 8.14. The minimum atomic E-state index is -0.641. The molecule has 128 valence electrons. The van der Waals surface area contributed by atoms with Gasteiger partial charge in [0.25, 0.3) is 5.91 Å². The van der Waals surface area contributed by atoms with E-state index in [1.807, 2.05) is 34.6 Å². The van der Waals surface area contributed by atoms with Crippen LogP contribution in [0.2, 0.25) is 5.02 Å². The highest BCUT2D eigenvalue weighted by Crippen LogP contribution is 2.24. The quantitative estimate of drug-likeness (QED) is 0.865. The van der Waals surface area contributed by atoms with Crippen LogP contribution < -0.4 is 11.1 Å². The van der Waals surface area contributed by atoms with Crippen LogP contribution in [0.4, 0.5) is 5.69 Å². The summed E-state index contributed by atoms with van der Waals surface area (Å²) < 4.78 is 0. The Balaban J connectivity index is 2.93. The number of amides is 2. The molecule has 6 heteroatoms. The van der Waals surface area contributed by atoms with Gasteiger partial charge in [-0.3, -0.25) is 9.59 Å². The Morgan fingerprint density at radius 1 is 1.26 bits per heavy atom. The molecule has 0 aliphatic heterocycles. The second kappa shape index (κ2) is 7.79. The van der Waals surface area contributed by atoms with E-state index in [4.69, 9.17) is 17.3 Å². The van der Waals surface area contributed by atoms with Crippen LogP contribution in [0, 0.1) is 5.41 Å². The number of carbonyl (C=O) groups excluding carboxylic acids is 2. The second-order valence-corrected chi connectivity index (χ2v) is 6.91. The summed E-state index contributed by atoms with van der Waals surface area (Å²) in [6, 6.07) is 4.22. The first kappa shape index (κ1) is 19.5. The Morgan fingerprint density at radius 3 is 2.26 bits per heavy atom. The van der Waals surface area contributed by atoms with Gasteiger partial charge in [0, 0.05) is 18.8 Å². The van der Waals surface area contributed by atoms with Gasteiger partial charge >= 0.3 is 0 Å². The lowest BCUT2D eigenvalue weighted by molar-refractivity contribution is -0.119. The number of hydrogen-bond acceptors (Lipinski definition) is 3. The molecule has 0 fully saturated rings. The number of anilines is 1. The van der Waals surface area contributed by atoms with Crippen molar-refractivity contribution in [3.63, 3.8) is 0 Å². The highest BCUT2D eigenvalue weighted by Gasteiger charge is 2.27. The molecule has 5 nitrogen and oxygen atoms in total. The first-order chi connectivity index (χ1) is 10.6. The average Bonchev–Trinajstić information content (AvgIpc) is 2.46. The highest BCUT2D eigenvalue weighted by atomic mass is 35.5. The van der Waals surface area contributed by atoms with Crippen molar-refractivity contribution < 1.29 is 9.59 Å². The molecule has 0 aromatic heterocycles. The molecule has 0 aliphatic carbocycles. The maximum atomic E-state index is 12.3. The standard InChI is InChI=1S/C17H26ClN3O2/c1-6-21(7-2)16(23)12-9-8-11(10-13(12)18)20-15(22)14(19)17(3,4)5/h8-10,14H,6-7,19H2,1-5H3,(H,20,22)/t14-/m1/s1. The van der Waals surface area contributed by atoms with Crippen LogP contribution in [-0.2, 0) is 4.79 Å². The smallest absolute Gasteiger partial charge is 0.255 e. The minimum Gasteiger partial charge on any atom is -0.339 e. The van der Waals surface area contributed by atoms with Crippen LogP contribution in [-0.4, -0.2) is 35.8 Å². The molecule has 0 bridgehead atoms. The van der Waals surface area contributed by atoms with Crippen molar-refractivity contribution in [2.45, 2.75) is 40.7 Å². The normalized spacial score (nSPS) is 12.7. The van der Waals surface area contributed by atoms with E-state index in [1.165, 1.54) is 0 Å². The molecule has 0 saturated carbocycles. The molecule has 0 unspecified atom stereocenters. The fraction of sp³-hybridized carbons (Fsp3) is 0.529. The molecule has 0 heterocycles. The van der Waals surface area contributed by atoms with E-state index in [-0.39, 0.29) is 17.2 Å². The van der Waals surface area contributed by atoms with Gasteiger partial charge in [-0.15, -0.1) is 0 Å². The van der Waals surface area contributed by atoms with Crippen molar-refractivity contribution in [1.29, 1.82) is 0 Å². The molecule has 23 heavy (non-hydrogen) atoms. The lowest BCUT2D eigenvalue weighted by Gasteiger charge is -2.26. The summed E-state index contributed by atoms with van der Waals surface area (Å²) in [5, 5.41) is 3.05. The zero-order valence-corrected chi connectivity index (χ0v) is 15.2. The molecule has 0 saturated heterocycles. The van der Waals surface area contributed by atoms with Gasteiger partial charge in [-0.1, -0.05) is 32.4 Å². The lowest BCUT2D eigenvalue weighted by atomic mass is 9.87. The predicted octanol–water partition coefficient (Wildman–Crippen LogP) is 3.13. The van der Waals surface area contributed by atoms with Gasteiger partial charge in [0.2, 0.25) is 5.91 Å². The van der Waals surface area contributed by atoms with Crippen LogP contribution in [0.1, 0.15) is 45.0 Å². The SMILES string of the molecule is CCN(CC)C(=O)c1ccc(NC(=O)[C@@H](N)C(C)(C)C)cc1Cl. The highest BCUT2D eigenvalue weighted by molar-refractivity contribution is 6.34. The van der Waals surface area contributed by atoms with E-state index in [2.05, 4.69) is 5.32 Å². The summed E-state index contributed by atoms with van der Waals surface area (Å²) in [7, 11) is 0. The van der Waals surface area contributed by atoms with Crippen molar-refractivity contribution in [3.05, 3.63) is 28.8 Å². The maximum Gasteiger partial charge on any atom is 0.255 e. The molecular formula is C17H26ClN3O2. The molecule has 1 rings (SSSR count). The third-order valence-corrected chi connectivity index (χ3v) is 4.05. The van der Waals surface area contributed by atoms with E-state index < -0.39 is 6.04 Å². The van der Waals surface area contributed by atoms with Gasteiger partial charge < -0.3 is 16.0 Å². The van der Waals surface area contributed by atoms with Gasteiger partial charge in [-0.05, 0) is 37.5 Å². The molecule has 2 amide bonds. The number of nitrogens with zero attached hydrogens (tertiary/aromatic N) is 1. The molecule has 1 aromatic carbocycles. The van der Waals surface area contributed by atoms with Crippen LogP contribution in [0.15, 0.2) is 18.2 Å². The summed E-state index contributed by atoms with van der Waals surface area (Å²) in [5.41, 5.74) is 6.54. The number of halogens is 1. The van der Waals surface area contributed by atoms with E-state index in [0.717, 1.165) is 0 Å². The topological polar surface area (TPSA) is 75.4 Å². The zero-order chi connectivity index (χ0) is 17.8. The number of rotatable bonds is 5. The fourth-order valence-electron chi connectivity index (χ4n) is 2.06. The zero-order valence-electron chi connectivity index (χ0n) is 14.4. The average molecular weight is 340 g/mol. The van der Waals surface area contributed by atoms with Gasteiger partial charge in [0.1, 0.15) is 0 Å². The van der Waals surface area contributed by atoms with Gasteiger partial charge in [0.05, 0.1) is 16.6 Å². The number of hydrogen-bond donors (Lipinski definition) is 2. The Labute approximate surface area is 143 Å². The summed E-state index contributed by atoms with van der Waals surface area (Å²) in [4.78, 5) is 26.2. The van der Waals surface area contributed by atoms with Crippen LogP contribution in [0.25, 0.3) is 0 Å². The van der Waals surface area contributed by atoms with Gasteiger partial charge in [-0.25, -0.2) is 0 Å². The van der Waals surface area contributed by atoms with Crippen molar-refractivity contribution >= 4 is 29.1 Å². The molecular weight excluding hydrogens is 314 g/mol. The van der Waals surface area contributed by atoms with Crippen LogP contribution in [0.3, 0.4) is 0 Å². The van der Waals surface area contributed by atoms with Gasteiger partial charge in [-0.2, -0.15) is 0 Å². The summed E-state index contributed by atoms with van der Waals surface area (Å²) in [5.74, 6) is -0.402. The first-order valence-electron chi connectivity index (χ1n) is 7.77. The third kappa shape index (κ3) is 4.94. The minimum absolute atomic E-state index is 0.121. The predicted molar refractivity (Wildman–Crippen MR) is 94.8 cm³/mol. The van der Waals surface area contributed by atoms with Gasteiger partial charge in [0.15, 0.2) is 0 Å². The molecule has 1 aromatic rings. The van der Waals surface area contributed by atoms with E-state index >= 15 is 0 Å². The number of nitrogens with one attached hydrogen (secondary N) is 1. The fourth-order valence-corrected chi connectivity index (χ4v) is 2.32. The van der Waals surface area contributed by atoms with Crippen molar-refractivity contribution in [3.8, 4) is 0 Å². The maximum absolute atomic E-state index is 12.3. The Hall–Kier alpha value is -1.59. The number of benzene rings is 1. The second-order valence-electron chi connectivity index (χ2n) is 6.51. The largest absolute Gasteiger partial charge is 0.339 e. The van der Waals surface area contributed by atoms with E-state index in [9.17, 15) is 9.59 Å². The molecule has 3 N–H and O–H groups in total. The number of nitrogens with two attached hydrogens (primary N) is 1. The molecule has 0 spiro atoms. The van der Waals surface area contributed by atoms with Crippen molar-refractivity contribution in [1.82, 2.24) is 4.90 Å². The summed E-state index contributed by atoms with van der Waals surface area (Å²) in [6.45, 7) is 10.8. The Morgan fingerprint density at radius 2 is 1.83 bits per heavy atom.